The first kappa shape index (κ1) is 16.9. The molecule has 1 amide bonds. The first-order valence-corrected chi connectivity index (χ1v) is 8.12. The Kier molecular flexibility index (Phi) is 5.26. The Morgan fingerprint density at radius 2 is 2.32 bits per heavy atom. The number of nitrogens with zero attached hydrogens (tertiary/aromatic N) is 5. The molecule has 0 bridgehead atoms. The Morgan fingerprint density at radius 3 is 3.12 bits per heavy atom. The van der Waals surface area contributed by atoms with Gasteiger partial charge in [0.15, 0.2) is 12.4 Å². The van der Waals surface area contributed by atoms with Gasteiger partial charge in [0.05, 0.1) is 18.7 Å². The van der Waals surface area contributed by atoms with Crippen molar-refractivity contribution in [2.24, 2.45) is 0 Å². The molecule has 0 unspecified atom stereocenters. The summed E-state index contributed by atoms with van der Waals surface area (Å²) in [7, 11) is 0. The van der Waals surface area contributed by atoms with Crippen molar-refractivity contribution < 1.29 is 14.3 Å². The van der Waals surface area contributed by atoms with Crippen LogP contribution in [0.25, 0.3) is 0 Å². The predicted molar refractivity (Wildman–Crippen MR) is 87.6 cm³/mol. The zero-order chi connectivity index (χ0) is 17.6. The molecule has 8 nitrogen and oxygen atoms in total. The Labute approximate surface area is 145 Å². The van der Waals surface area contributed by atoms with Gasteiger partial charge >= 0.3 is 0 Å². The number of aryl methyl sites for hydroxylation is 1. The molecule has 2 heterocycles. The number of para-hydroxylation sites is 1. The maximum Gasteiger partial charge on any atom is 0.260 e. The summed E-state index contributed by atoms with van der Waals surface area (Å²) in [6.45, 7) is 3.95. The molecule has 1 aliphatic rings. The first-order valence-electron chi connectivity index (χ1n) is 8.12. The van der Waals surface area contributed by atoms with Crippen molar-refractivity contribution in [3.05, 3.63) is 42.0 Å². The van der Waals surface area contributed by atoms with Crippen LogP contribution in [0.5, 0.6) is 5.75 Å². The summed E-state index contributed by atoms with van der Waals surface area (Å²) in [5.74, 6) is 0.980. The van der Waals surface area contributed by atoms with Crippen molar-refractivity contribution in [3.63, 3.8) is 0 Å². The third-order valence-electron chi connectivity index (χ3n) is 4.05. The van der Waals surface area contributed by atoms with Crippen LogP contribution in [0.1, 0.15) is 24.4 Å². The van der Waals surface area contributed by atoms with E-state index in [0.29, 0.717) is 31.0 Å². The predicted octanol–water partition coefficient (Wildman–Crippen LogP) is 1.15. The smallest absolute Gasteiger partial charge is 0.260 e. The van der Waals surface area contributed by atoms with Gasteiger partial charge in [-0.25, -0.2) is 0 Å². The van der Waals surface area contributed by atoms with Gasteiger partial charge < -0.3 is 18.9 Å². The number of aromatic nitrogens is 3. The second kappa shape index (κ2) is 7.77. The largest absolute Gasteiger partial charge is 0.482 e. The normalized spacial score (nSPS) is 17.1. The van der Waals surface area contributed by atoms with Crippen LogP contribution in [0.2, 0.25) is 0 Å². The van der Waals surface area contributed by atoms with Crippen LogP contribution in [0.4, 0.5) is 0 Å². The number of benzene rings is 1. The van der Waals surface area contributed by atoms with E-state index in [1.165, 1.54) is 0 Å². The molecule has 1 fully saturated rings. The maximum absolute atomic E-state index is 12.5. The molecule has 1 aromatic heterocycles. The number of carbonyl (C=O) groups is 1. The van der Waals surface area contributed by atoms with Crippen LogP contribution >= 0.6 is 0 Å². The number of nitriles is 1. The lowest BCUT2D eigenvalue weighted by atomic mass is 10.2. The molecule has 1 aliphatic heterocycles. The van der Waals surface area contributed by atoms with Gasteiger partial charge in [-0.3, -0.25) is 4.79 Å². The van der Waals surface area contributed by atoms with Crippen LogP contribution in [-0.4, -0.2) is 51.9 Å². The molecule has 0 spiro atoms. The minimum Gasteiger partial charge on any atom is -0.482 e. The number of ether oxygens (including phenoxy) is 2. The molecular formula is C17H19N5O3. The summed E-state index contributed by atoms with van der Waals surface area (Å²) in [6.07, 6.45) is 1.35. The van der Waals surface area contributed by atoms with Crippen LogP contribution in [0.3, 0.4) is 0 Å². The standard InChI is InChI=1S/C17H19N5O3/c1-2-21-12-19-20-17(21)15-10-22(7-8-24-15)16(23)11-25-14-6-4-3-5-13(14)9-18/h3-6,12,15H,2,7-8,10-11H2,1H3/t15-/m0/s1. The monoisotopic (exact) mass is 341 g/mol. The molecule has 130 valence electrons. The Morgan fingerprint density at radius 1 is 1.48 bits per heavy atom. The van der Waals surface area contributed by atoms with Crippen LogP contribution in [0.15, 0.2) is 30.6 Å². The molecule has 1 aromatic carbocycles. The fourth-order valence-corrected chi connectivity index (χ4v) is 2.70. The first-order chi connectivity index (χ1) is 12.2. The van der Waals surface area contributed by atoms with Crippen molar-refractivity contribution in [1.82, 2.24) is 19.7 Å². The van der Waals surface area contributed by atoms with Gasteiger partial charge in [-0.05, 0) is 19.1 Å². The highest BCUT2D eigenvalue weighted by atomic mass is 16.5. The minimum absolute atomic E-state index is 0.119. The Bertz CT molecular complexity index is 783. The van der Waals surface area contributed by atoms with Gasteiger partial charge in [-0.15, -0.1) is 10.2 Å². The van der Waals surface area contributed by atoms with Crippen LogP contribution in [-0.2, 0) is 16.1 Å². The Hall–Kier alpha value is -2.92. The van der Waals surface area contributed by atoms with E-state index in [-0.39, 0.29) is 18.6 Å². The second-order valence-electron chi connectivity index (χ2n) is 5.57. The number of morpholine rings is 1. The summed E-state index contributed by atoms with van der Waals surface area (Å²) in [6, 6.07) is 8.90. The highest BCUT2D eigenvalue weighted by Gasteiger charge is 2.28. The number of amides is 1. The van der Waals surface area contributed by atoms with Gasteiger partial charge in [0.2, 0.25) is 0 Å². The molecule has 1 atom stereocenters. The van der Waals surface area contributed by atoms with Gasteiger partial charge in [0.1, 0.15) is 24.3 Å². The average molecular weight is 341 g/mol. The van der Waals surface area contributed by atoms with Crippen LogP contribution in [0, 0.1) is 11.3 Å². The van der Waals surface area contributed by atoms with Crippen LogP contribution < -0.4 is 4.74 Å². The Balaban J connectivity index is 1.61. The van der Waals surface area contributed by atoms with Gasteiger partial charge in [-0.1, -0.05) is 12.1 Å². The maximum atomic E-state index is 12.5. The number of hydrogen-bond donors (Lipinski definition) is 0. The van der Waals surface area contributed by atoms with E-state index in [0.717, 1.165) is 12.4 Å². The average Bonchev–Trinajstić information content (AvgIpc) is 3.15. The molecular weight excluding hydrogens is 322 g/mol. The van der Waals surface area contributed by atoms with Gasteiger partial charge in [0.25, 0.3) is 5.91 Å². The van der Waals surface area contributed by atoms with E-state index >= 15 is 0 Å². The summed E-state index contributed by atoms with van der Waals surface area (Å²) in [5.41, 5.74) is 0.409. The second-order valence-corrected chi connectivity index (χ2v) is 5.57. The molecule has 0 N–H and O–H groups in total. The van der Waals surface area contributed by atoms with E-state index < -0.39 is 0 Å². The summed E-state index contributed by atoms with van der Waals surface area (Å²) < 4.78 is 13.2. The molecule has 2 aromatic rings. The molecule has 0 saturated carbocycles. The summed E-state index contributed by atoms with van der Waals surface area (Å²) in [4.78, 5) is 14.2. The molecule has 25 heavy (non-hydrogen) atoms. The zero-order valence-electron chi connectivity index (χ0n) is 14.0. The van der Waals surface area contributed by atoms with E-state index in [1.54, 1.807) is 35.5 Å². The minimum atomic E-state index is -0.299. The van der Waals surface area contributed by atoms with Crippen molar-refractivity contribution in [2.45, 2.75) is 19.6 Å². The lowest BCUT2D eigenvalue weighted by Gasteiger charge is -2.32. The summed E-state index contributed by atoms with van der Waals surface area (Å²) in [5, 5.41) is 17.1. The van der Waals surface area contributed by atoms with E-state index in [9.17, 15) is 4.79 Å². The molecule has 0 aliphatic carbocycles. The summed E-state index contributed by atoms with van der Waals surface area (Å²) >= 11 is 0. The van der Waals surface area contributed by atoms with Crippen molar-refractivity contribution in [2.75, 3.05) is 26.3 Å². The number of hydrogen-bond acceptors (Lipinski definition) is 6. The van der Waals surface area contributed by atoms with Crippen molar-refractivity contribution in [1.29, 1.82) is 5.26 Å². The fraction of sp³-hybridized carbons (Fsp3) is 0.412. The third kappa shape index (κ3) is 3.78. The van der Waals surface area contributed by atoms with Gasteiger partial charge in [0, 0.05) is 13.1 Å². The lowest BCUT2D eigenvalue weighted by molar-refractivity contribution is -0.141. The molecule has 0 radical (unpaired) electrons. The third-order valence-corrected chi connectivity index (χ3v) is 4.05. The van der Waals surface area contributed by atoms with E-state index in [2.05, 4.69) is 10.2 Å². The number of rotatable bonds is 5. The fourth-order valence-electron chi connectivity index (χ4n) is 2.70. The zero-order valence-corrected chi connectivity index (χ0v) is 14.0. The highest BCUT2D eigenvalue weighted by Crippen LogP contribution is 2.21. The highest BCUT2D eigenvalue weighted by molar-refractivity contribution is 5.78. The molecule has 3 rings (SSSR count). The number of carbonyl (C=O) groups excluding carboxylic acids is 1. The molecule has 1 saturated heterocycles. The topological polar surface area (TPSA) is 93.3 Å². The van der Waals surface area contributed by atoms with E-state index in [4.69, 9.17) is 14.7 Å². The van der Waals surface area contributed by atoms with Crippen molar-refractivity contribution in [3.8, 4) is 11.8 Å². The molecule has 8 heteroatoms. The quantitative estimate of drug-likeness (QED) is 0.810. The van der Waals surface area contributed by atoms with Crippen molar-refractivity contribution >= 4 is 5.91 Å². The van der Waals surface area contributed by atoms with E-state index in [1.807, 2.05) is 17.6 Å². The lowest BCUT2D eigenvalue weighted by Crippen LogP contribution is -2.44. The SMILES string of the molecule is CCn1cnnc1[C@@H]1CN(C(=O)COc2ccccc2C#N)CCO1. The van der Waals surface area contributed by atoms with Gasteiger partial charge in [-0.2, -0.15) is 5.26 Å².